The summed E-state index contributed by atoms with van der Waals surface area (Å²) in [5, 5.41) is 0. The number of piperidine rings is 6. The zero-order valence-corrected chi connectivity index (χ0v) is 107. The molecule has 138 heavy (non-hydrogen) atoms. The van der Waals surface area contributed by atoms with E-state index in [2.05, 4.69) is 291 Å². The first-order chi connectivity index (χ1) is 65.7. The third-order valence-corrected chi connectivity index (χ3v) is 29.5. The van der Waals surface area contributed by atoms with Gasteiger partial charge in [-0.15, -0.1) is 0 Å². The summed E-state index contributed by atoms with van der Waals surface area (Å²) in [5.41, 5.74) is 4.26. The van der Waals surface area contributed by atoms with Crippen LogP contribution in [-0.4, -0.2) is 301 Å². The number of hydrogen-bond donors (Lipinski definition) is 0. The molecule has 0 amide bonds. The van der Waals surface area contributed by atoms with E-state index >= 15 is 0 Å². The van der Waals surface area contributed by atoms with Gasteiger partial charge in [-0.3, -0.25) is 14.7 Å². The van der Waals surface area contributed by atoms with Crippen LogP contribution in [0.1, 0.15) is 515 Å². The van der Waals surface area contributed by atoms with E-state index in [4.69, 9.17) is 4.74 Å². The summed E-state index contributed by atoms with van der Waals surface area (Å²) in [6.07, 6.45) is 25.2. The van der Waals surface area contributed by atoms with Gasteiger partial charge in [0.05, 0.1) is 12.2 Å². The highest BCUT2D eigenvalue weighted by Gasteiger charge is 2.47. The van der Waals surface area contributed by atoms with Crippen molar-refractivity contribution in [1.82, 2.24) is 58.8 Å². The molecule has 0 N–H and O–H groups in total. The topological polar surface area (TPSA) is 48.1 Å². The summed E-state index contributed by atoms with van der Waals surface area (Å²) < 4.78 is 6.15. The zero-order valence-electron chi connectivity index (χ0n) is 107. The summed E-state index contributed by atoms with van der Waals surface area (Å²) >= 11 is 0. The van der Waals surface area contributed by atoms with Crippen LogP contribution in [0.2, 0.25) is 0 Å². The predicted molar refractivity (Wildman–Crippen MR) is 640 cm³/mol. The Kier molecular flexibility index (Phi) is 105. The van der Waals surface area contributed by atoms with Gasteiger partial charge in [-0.2, -0.15) is 0 Å². The molecule has 0 radical (unpaired) electrons. The molecule has 1 aromatic carbocycles. The molecule has 0 bridgehead atoms. The van der Waals surface area contributed by atoms with Gasteiger partial charge in [0, 0.05) is 144 Å². The molecule has 1 aromatic rings. The second kappa shape index (κ2) is 94.2. The van der Waals surface area contributed by atoms with Crippen LogP contribution in [0.3, 0.4) is 0 Å². The van der Waals surface area contributed by atoms with E-state index in [-0.39, 0.29) is 5.60 Å². The van der Waals surface area contributed by atoms with E-state index in [1.165, 1.54) is 265 Å². The van der Waals surface area contributed by atoms with E-state index in [0.29, 0.717) is 39.7 Å². The van der Waals surface area contributed by atoms with Crippen molar-refractivity contribution in [2.75, 3.05) is 164 Å². The average molecular weight is 1960 g/mol. The quantitative estimate of drug-likeness (QED) is 0.189. The third-order valence-electron chi connectivity index (χ3n) is 29.5. The van der Waals surface area contributed by atoms with Gasteiger partial charge in [0.15, 0.2) is 0 Å². The van der Waals surface area contributed by atoms with Gasteiger partial charge in [0.1, 0.15) is 0 Å². The molecule has 5 spiro atoms. The summed E-state index contributed by atoms with van der Waals surface area (Å²) in [6, 6.07) is 19.4. The normalized spacial score (nSPS) is 20.9. The standard InChI is InChI=1S/2C15H30N2.C14H28N2O.C14H28N2.C13H26N2.C10H20N2.C9H12.C5H12.C4H10.13C2H6/c1-13(2)16-9-5-15(6-10-16)7-11-17(12-8-15)14(3)4;1-13(2)16-10-7-15(8-11-16)6-5-9-17(12-15)14(3)4;1-12(2)15-7-5-14(6-8-15)11-16(13(3)4)9-10-17-14;1-12(2)15-8-5-14(6-9-15)7-10-16(11-14)13(3)4;1-11(2)14-7-5-13(9-14)6-8-15(10-13)12(3)4;1-9(2)12-7-6-11-5-3-4-10(11)8-12;1-8(2)9-6-4-3-5-7-9;1-4-5(2)3;1-4(2)3;13*1-2/h2*13-14H,5-12H2,1-4H3;12-13H,5-11H2,1-4H3;12-13H,5-11H2,1-4H3;11-12H,5-10H2,1-4H3;9-10H,3-8H2,1-2H3;3-8H,1-2H3;5H,4H2,1-3H3;4H,1-3H3;13*1-2H3. The Morgan fingerprint density at radius 3 is 0.746 bits per heavy atom. The Labute approximate surface area is 878 Å². The maximum Gasteiger partial charge on any atom is 0.0833 e. The molecule has 0 aliphatic carbocycles. The van der Waals surface area contributed by atoms with Gasteiger partial charge < -0.3 is 48.8 Å². The number of piperazine rings is 1. The highest BCUT2D eigenvalue weighted by molar-refractivity contribution is 5.17. The van der Waals surface area contributed by atoms with E-state index in [0.717, 1.165) is 92.0 Å². The minimum atomic E-state index is 0.161. The highest BCUT2D eigenvalue weighted by atomic mass is 16.5. The molecular weight excluding hydrogens is 1690 g/mol. The molecule has 13 heteroatoms. The minimum absolute atomic E-state index is 0.161. The van der Waals surface area contributed by atoms with Crippen molar-refractivity contribution in [1.29, 1.82) is 0 Å². The maximum atomic E-state index is 6.15. The lowest BCUT2D eigenvalue weighted by Crippen LogP contribution is -2.58. The number of fused-ring (bicyclic) bond motifs is 1. The van der Waals surface area contributed by atoms with Crippen LogP contribution >= 0.6 is 0 Å². The number of morpholine rings is 1. The lowest BCUT2D eigenvalue weighted by molar-refractivity contribution is -0.143. The molecule has 12 heterocycles. The lowest BCUT2D eigenvalue weighted by Gasteiger charge is -2.49. The lowest BCUT2D eigenvalue weighted by atomic mass is 9.71. The van der Waals surface area contributed by atoms with Crippen molar-refractivity contribution in [3.05, 3.63) is 35.9 Å². The van der Waals surface area contributed by atoms with Crippen molar-refractivity contribution in [3.8, 4) is 0 Å². The average Bonchev–Trinajstić information content (AvgIpc) is 1.35. The molecule has 0 saturated carbocycles. The molecular formula is C125H274N12O. The van der Waals surface area contributed by atoms with Crippen molar-refractivity contribution in [2.24, 2.45) is 33.5 Å². The molecule has 12 fully saturated rings. The predicted octanol–water partition coefficient (Wildman–Crippen LogP) is 33.8. The Morgan fingerprint density at radius 1 is 0.246 bits per heavy atom. The molecule has 12 saturated heterocycles. The van der Waals surface area contributed by atoms with Crippen molar-refractivity contribution in [2.45, 2.75) is 587 Å². The Morgan fingerprint density at radius 2 is 0.486 bits per heavy atom. The summed E-state index contributed by atoms with van der Waals surface area (Å²) in [7, 11) is 0. The molecule has 0 aromatic heterocycles. The number of nitrogens with zero attached hydrogens (tertiary/aromatic N) is 12. The fraction of sp³-hybridized carbons (Fsp3) is 0.952. The highest BCUT2D eigenvalue weighted by Crippen LogP contribution is 2.45. The fourth-order valence-corrected chi connectivity index (χ4v) is 20.0. The van der Waals surface area contributed by atoms with Gasteiger partial charge in [0.25, 0.3) is 0 Å². The molecule has 12 aliphatic heterocycles. The van der Waals surface area contributed by atoms with Crippen LogP contribution in [0.25, 0.3) is 0 Å². The minimum Gasteiger partial charge on any atom is -0.372 e. The first-order valence-corrected chi connectivity index (χ1v) is 61.3. The number of rotatable bonds is 13. The smallest absolute Gasteiger partial charge is 0.0833 e. The fourth-order valence-electron chi connectivity index (χ4n) is 20.0. The largest absolute Gasteiger partial charge is 0.372 e. The first kappa shape index (κ1) is 154. The molecule has 12 aliphatic rings. The molecule has 13 nitrogen and oxygen atoms in total. The van der Waals surface area contributed by atoms with Gasteiger partial charge >= 0.3 is 0 Å². The van der Waals surface area contributed by atoms with E-state index in [9.17, 15) is 0 Å². The first-order valence-electron chi connectivity index (χ1n) is 61.3. The Balaban J connectivity index is -0.000000191. The second-order valence-corrected chi connectivity index (χ2v) is 42.9. The van der Waals surface area contributed by atoms with Gasteiger partial charge in [-0.05, 0) is 392 Å². The van der Waals surface area contributed by atoms with Crippen LogP contribution in [0.4, 0.5) is 0 Å². The molecule has 1 atom stereocenters. The van der Waals surface area contributed by atoms with Crippen molar-refractivity contribution in [3.63, 3.8) is 0 Å². The SMILES string of the molecule is CC.CC.CC.CC.CC.CC.CC.CC.CC.CC.CC.CC.CC.CC(C)C.CC(C)N1CCC2(CC1)CCN(C(C)C)C2.CC(C)N1CCC2(CC1)CCN(C(C)C)CC2.CC(C)N1CCC2(CC1)CN(C(C)C)CCO2.CC(C)N1CCC2(CCCN(C(C)C)C2)CC1.CC(C)N1CCC2(CCN(C(C)C)C2)C1.CC(C)N1CCN2CCCC2C1.CC(C)c1ccccc1.CCC(C)C. The van der Waals surface area contributed by atoms with E-state index < -0.39 is 0 Å². The Bertz CT molecular complexity index is 2440. The monoisotopic (exact) mass is 1960 g/mol. The number of hydrogen-bond acceptors (Lipinski definition) is 13. The van der Waals surface area contributed by atoms with E-state index in [1.807, 2.05) is 186 Å². The second-order valence-electron chi connectivity index (χ2n) is 42.9. The third kappa shape index (κ3) is 64.8. The number of ether oxygens (including phenoxy) is 1. The van der Waals surface area contributed by atoms with Crippen LogP contribution in [0.15, 0.2) is 30.3 Å². The molecule has 1 unspecified atom stereocenters. The van der Waals surface area contributed by atoms with Crippen LogP contribution in [0, 0.1) is 33.5 Å². The van der Waals surface area contributed by atoms with Crippen molar-refractivity contribution >= 4 is 0 Å². The Hall–Kier alpha value is -1.30. The summed E-state index contributed by atoms with van der Waals surface area (Å²) in [5.74, 6) is 2.38. The van der Waals surface area contributed by atoms with Crippen LogP contribution in [0.5, 0.6) is 0 Å². The molecule has 13 rings (SSSR count). The van der Waals surface area contributed by atoms with Crippen LogP contribution in [-0.2, 0) is 4.74 Å². The van der Waals surface area contributed by atoms with Crippen molar-refractivity contribution < 1.29 is 4.74 Å². The van der Waals surface area contributed by atoms with Gasteiger partial charge in [0.2, 0.25) is 0 Å². The van der Waals surface area contributed by atoms with Gasteiger partial charge in [-0.25, -0.2) is 0 Å². The number of likely N-dealkylation sites (tertiary alicyclic amines) is 9. The van der Waals surface area contributed by atoms with E-state index in [1.54, 1.807) is 0 Å². The number of benzene rings is 1. The zero-order chi connectivity index (χ0) is 109. The summed E-state index contributed by atoms with van der Waals surface area (Å²) in [4.78, 5) is 31.7. The molecule has 840 valence electrons. The van der Waals surface area contributed by atoms with Crippen LogP contribution < -0.4 is 0 Å². The maximum absolute atomic E-state index is 6.15. The summed E-state index contributed by atoms with van der Waals surface area (Å²) in [6.45, 7) is 153. The van der Waals surface area contributed by atoms with Gasteiger partial charge in [-0.1, -0.05) is 272 Å².